The maximum absolute atomic E-state index is 13.2. The lowest BCUT2D eigenvalue weighted by Crippen LogP contribution is -2.65. The van der Waals surface area contributed by atoms with Gasteiger partial charge in [-0.05, 0) is 52.8 Å². The number of aliphatic hydroxyl groups is 2. The van der Waals surface area contributed by atoms with E-state index in [0.29, 0.717) is 5.92 Å². The van der Waals surface area contributed by atoms with E-state index in [1.807, 2.05) is 13.3 Å². The molecule has 0 aromatic heterocycles. The monoisotopic (exact) mass is 446 g/mol. The van der Waals surface area contributed by atoms with Crippen LogP contribution in [0.25, 0.3) is 0 Å². The molecule has 0 spiro atoms. The molecule has 0 aromatic carbocycles. The van der Waals surface area contributed by atoms with Crippen LogP contribution in [0.5, 0.6) is 0 Å². The standard InChI is InChI=1S/C21H38N2O6S/c1-7-8-12-9-13(23(5)10-12)19(26)22-14(11(2)24)16-18-17(28-21(3,4)29-18)15(25)20(27-16)30-6/h11-18,20,24-25H,7-10H2,1-6H3,(H,22,26)/t11-,12-,13+,14-,15-,16-,17-,18+,20-/m1/s1. The van der Waals surface area contributed by atoms with Gasteiger partial charge in [0.05, 0.1) is 18.2 Å². The van der Waals surface area contributed by atoms with Crippen LogP contribution in [0.4, 0.5) is 0 Å². The minimum Gasteiger partial charge on any atom is -0.391 e. The zero-order chi connectivity index (χ0) is 22.2. The summed E-state index contributed by atoms with van der Waals surface area (Å²) in [6, 6.07) is -0.899. The van der Waals surface area contributed by atoms with E-state index in [-0.39, 0.29) is 11.9 Å². The summed E-state index contributed by atoms with van der Waals surface area (Å²) < 4.78 is 18.1. The van der Waals surface area contributed by atoms with Crippen LogP contribution in [0.2, 0.25) is 0 Å². The van der Waals surface area contributed by atoms with Gasteiger partial charge in [0.1, 0.15) is 29.9 Å². The molecule has 0 aromatic rings. The minimum absolute atomic E-state index is 0.104. The van der Waals surface area contributed by atoms with Crippen LogP contribution >= 0.6 is 11.8 Å². The third kappa shape index (κ3) is 4.98. The lowest BCUT2D eigenvalue weighted by Gasteiger charge is -2.43. The molecule has 3 saturated heterocycles. The molecule has 1 amide bonds. The van der Waals surface area contributed by atoms with Gasteiger partial charge in [-0.2, -0.15) is 0 Å². The molecule has 0 unspecified atom stereocenters. The highest BCUT2D eigenvalue weighted by molar-refractivity contribution is 7.99. The van der Waals surface area contributed by atoms with Gasteiger partial charge in [-0.1, -0.05) is 13.3 Å². The van der Waals surface area contributed by atoms with Gasteiger partial charge in [-0.15, -0.1) is 11.8 Å². The maximum Gasteiger partial charge on any atom is 0.237 e. The van der Waals surface area contributed by atoms with Crippen LogP contribution in [0.1, 0.15) is 47.0 Å². The average molecular weight is 447 g/mol. The van der Waals surface area contributed by atoms with E-state index >= 15 is 0 Å². The number of carbonyl (C=O) groups is 1. The fraction of sp³-hybridized carbons (Fsp3) is 0.952. The Balaban J connectivity index is 1.77. The van der Waals surface area contributed by atoms with Crippen LogP contribution in [0.3, 0.4) is 0 Å². The van der Waals surface area contributed by atoms with Crippen LogP contribution in [0.15, 0.2) is 0 Å². The highest BCUT2D eigenvalue weighted by Crippen LogP contribution is 2.41. The van der Waals surface area contributed by atoms with Crippen molar-refractivity contribution in [2.75, 3.05) is 19.8 Å². The topological polar surface area (TPSA) is 100 Å². The first-order chi connectivity index (χ1) is 14.1. The van der Waals surface area contributed by atoms with E-state index < -0.39 is 47.8 Å². The summed E-state index contributed by atoms with van der Waals surface area (Å²) in [5.41, 5.74) is -0.532. The minimum atomic E-state index is -0.877. The Kier molecular flexibility index (Phi) is 7.75. The van der Waals surface area contributed by atoms with Gasteiger partial charge < -0.3 is 29.7 Å². The summed E-state index contributed by atoms with van der Waals surface area (Å²) in [5.74, 6) is -0.469. The Bertz CT molecular complexity index is 606. The van der Waals surface area contributed by atoms with Crippen LogP contribution in [0, 0.1) is 5.92 Å². The first kappa shape index (κ1) is 24.2. The Hall–Kier alpha value is -0.420. The number of carbonyl (C=O) groups excluding carboxylic acids is 1. The van der Waals surface area contributed by atoms with Crippen molar-refractivity contribution in [3.8, 4) is 0 Å². The van der Waals surface area contributed by atoms with E-state index in [1.165, 1.54) is 11.8 Å². The van der Waals surface area contributed by atoms with E-state index in [2.05, 4.69) is 17.1 Å². The molecule has 0 bridgehead atoms. The Morgan fingerprint density at radius 1 is 1.33 bits per heavy atom. The molecule has 3 rings (SSSR count). The van der Waals surface area contributed by atoms with E-state index in [4.69, 9.17) is 14.2 Å². The van der Waals surface area contributed by atoms with Crippen molar-refractivity contribution in [1.29, 1.82) is 0 Å². The van der Waals surface area contributed by atoms with Crippen LogP contribution in [-0.4, -0.2) is 94.7 Å². The molecular weight excluding hydrogens is 408 g/mol. The molecule has 3 aliphatic heterocycles. The molecule has 0 aliphatic carbocycles. The zero-order valence-corrected chi connectivity index (χ0v) is 19.7. The number of hydrogen-bond acceptors (Lipinski definition) is 8. The van der Waals surface area contributed by atoms with Crippen molar-refractivity contribution in [3.05, 3.63) is 0 Å². The third-order valence-electron chi connectivity index (χ3n) is 6.44. The third-order valence-corrected chi connectivity index (χ3v) is 7.30. The summed E-state index contributed by atoms with van der Waals surface area (Å²) in [6.07, 6.45) is 1.35. The van der Waals surface area contributed by atoms with E-state index in [9.17, 15) is 15.0 Å². The molecule has 8 nitrogen and oxygen atoms in total. The predicted octanol–water partition coefficient (Wildman–Crippen LogP) is 0.941. The smallest absolute Gasteiger partial charge is 0.237 e. The van der Waals surface area contributed by atoms with Crippen LogP contribution in [-0.2, 0) is 19.0 Å². The lowest BCUT2D eigenvalue weighted by atomic mass is 9.92. The molecule has 3 N–H and O–H groups in total. The van der Waals surface area contributed by atoms with Crippen molar-refractivity contribution >= 4 is 17.7 Å². The summed E-state index contributed by atoms with van der Waals surface area (Å²) in [7, 11) is 1.97. The summed E-state index contributed by atoms with van der Waals surface area (Å²) in [5, 5.41) is 24.3. The zero-order valence-electron chi connectivity index (χ0n) is 18.9. The molecule has 3 heterocycles. The second-order valence-electron chi connectivity index (χ2n) is 9.38. The van der Waals surface area contributed by atoms with Crippen molar-refractivity contribution in [3.63, 3.8) is 0 Å². The molecule has 9 heteroatoms. The number of rotatable bonds is 7. The first-order valence-corrected chi connectivity index (χ1v) is 12.3. The average Bonchev–Trinajstić information content (AvgIpc) is 3.19. The second-order valence-corrected chi connectivity index (χ2v) is 10.3. The van der Waals surface area contributed by atoms with Gasteiger partial charge in [-0.3, -0.25) is 9.69 Å². The Morgan fingerprint density at radius 2 is 2.00 bits per heavy atom. The fourth-order valence-electron chi connectivity index (χ4n) is 5.05. The molecule has 9 atom stereocenters. The van der Waals surface area contributed by atoms with Crippen molar-refractivity contribution in [2.45, 2.75) is 101 Å². The van der Waals surface area contributed by atoms with E-state index in [1.54, 1.807) is 20.8 Å². The molecule has 3 aliphatic rings. The SMILES string of the molecule is CCC[C@@H]1C[C@@H](C(=O)N[C@@H]([C@H]2O[C@H](SC)[C@H](O)[C@H]3OC(C)(C)O[C@H]32)[C@@H](C)O)N(C)C1. The number of hydrogen-bond donors (Lipinski definition) is 3. The van der Waals surface area contributed by atoms with Gasteiger partial charge in [0.15, 0.2) is 5.79 Å². The van der Waals surface area contributed by atoms with Gasteiger partial charge in [0.2, 0.25) is 5.91 Å². The van der Waals surface area contributed by atoms with Gasteiger partial charge in [-0.25, -0.2) is 0 Å². The summed E-state index contributed by atoms with van der Waals surface area (Å²) >= 11 is 1.38. The number of fused-ring (bicyclic) bond motifs is 1. The van der Waals surface area contributed by atoms with Crippen LogP contribution < -0.4 is 5.32 Å². The number of aliphatic hydroxyl groups excluding tert-OH is 2. The predicted molar refractivity (Wildman–Crippen MR) is 115 cm³/mol. The van der Waals surface area contributed by atoms with Crippen molar-refractivity contribution in [2.24, 2.45) is 5.92 Å². The number of likely N-dealkylation sites (tertiary alicyclic amines) is 1. The first-order valence-electron chi connectivity index (χ1n) is 11.0. The molecular formula is C21H38N2O6S. The maximum atomic E-state index is 13.2. The number of thioether (sulfide) groups is 1. The lowest BCUT2D eigenvalue weighted by molar-refractivity contribution is -0.177. The van der Waals surface area contributed by atoms with E-state index in [0.717, 1.165) is 25.8 Å². The number of amides is 1. The van der Waals surface area contributed by atoms with Gasteiger partial charge in [0, 0.05) is 6.54 Å². The Morgan fingerprint density at radius 3 is 2.60 bits per heavy atom. The summed E-state index contributed by atoms with van der Waals surface area (Å²) in [6.45, 7) is 8.29. The highest BCUT2D eigenvalue weighted by Gasteiger charge is 2.57. The number of likely N-dealkylation sites (N-methyl/N-ethyl adjacent to an activating group) is 1. The number of nitrogens with zero attached hydrogens (tertiary/aromatic N) is 1. The molecule has 0 saturated carbocycles. The largest absolute Gasteiger partial charge is 0.391 e. The number of ether oxygens (including phenoxy) is 3. The molecule has 30 heavy (non-hydrogen) atoms. The van der Waals surface area contributed by atoms with Crippen molar-refractivity contribution < 1.29 is 29.2 Å². The van der Waals surface area contributed by atoms with Gasteiger partial charge >= 0.3 is 0 Å². The Labute approximate surface area is 184 Å². The van der Waals surface area contributed by atoms with Crippen molar-refractivity contribution in [1.82, 2.24) is 10.2 Å². The molecule has 0 radical (unpaired) electrons. The fourth-order valence-corrected chi connectivity index (χ4v) is 5.73. The normalized spacial score (nSPS) is 40.7. The molecule has 174 valence electrons. The highest BCUT2D eigenvalue weighted by atomic mass is 32.2. The number of nitrogens with one attached hydrogen (secondary N) is 1. The quantitative estimate of drug-likeness (QED) is 0.531. The van der Waals surface area contributed by atoms with Gasteiger partial charge in [0.25, 0.3) is 0 Å². The summed E-state index contributed by atoms with van der Waals surface area (Å²) in [4.78, 5) is 15.2. The molecule has 3 fully saturated rings. The second kappa shape index (κ2) is 9.60.